The van der Waals surface area contributed by atoms with Gasteiger partial charge in [-0.1, -0.05) is 23.7 Å². The van der Waals surface area contributed by atoms with E-state index in [1.807, 2.05) is 0 Å². The quantitative estimate of drug-likeness (QED) is 0.595. The van der Waals surface area contributed by atoms with Crippen molar-refractivity contribution in [1.29, 1.82) is 0 Å². The molecule has 0 saturated heterocycles. The van der Waals surface area contributed by atoms with Crippen LogP contribution in [0.2, 0.25) is 5.02 Å². The molecule has 0 amide bonds. The van der Waals surface area contributed by atoms with Crippen LogP contribution in [-0.4, -0.2) is 4.98 Å². The van der Waals surface area contributed by atoms with Crippen molar-refractivity contribution < 1.29 is 4.39 Å². The van der Waals surface area contributed by atoms with Gasteiger partial charge in [0.1, 0.15) is 0 Å². The Kier molecular flexibility index (Phi) is 2.56. The van der Waals surface area contributed by atoms with E-state index >= 15 is 0 Å². The monoisotopic (exact) mass is 222 g/mol. The second-order valence-electron chi connectivity index (χ2n) is 3.12. The second kappa shape index (κ2) is 3.87. The molecule has 1 aromatic heterocycles. The fourth-order valence-corrected chi connectivity index (χ4v) is 1.49. The molecule has 0 unspecified atom stereocenters. The largest absolute Gasteiger partial charge is 0.399 e. The predicted molar refractivity (Wildman–Crippen MR) is 59.1 cm³/mol. The molecule has 0 fully saturated rings. The molecule has 0 saturated carbocycles. The summed E-state index contributed by atoms with van der Waals surface area (Å²) in [6, 6.07) is 8.45. The van der Waals surface area contributed by atoms with Gasteiger partial charge >= 0.3 is 0 Å². The van der Waals surface area contributed by atoms with Crippen molar-refractivity contribution in [1.82, 2.24) is 4.98 Å². The van der Waals surface area contributed by atoms with Crippen LogP contribution in [0.4, 0.5) is 10.1 Å². The van der Waals surface area contributed by atoms with E-state index in [0.717, 1.165) is 0 Å². The van der Waals surface area contributed by atoms with Crippen LogP contribution in [0.15, 0.2) is 36.5 Å². The Labute approximate surface area is 91.5 Å². The highest BCUT2D eigenvalue weighted by atomic mass is 35.5. The summed E-state index contributed by atoms with van der Waals surface area (Å²) < 4.78 is 13.4. The molecule has 76 valence electrons. The third kappa shape index (κ3) is 2.07. The zero-order valence-electron chi connectivity index (χ0n) is 7.74. The lowest BCUT2D eigenvalue weighted by molar-refractivity contribution is 0.587. The highest BCUT2D eigenvalue weighted by Gasteiger charge is 2.06. The predicted octanol–water partition coefficient (Wildman–Crippen LogP) is 3.12. The molecule has 4 heteroatoms. The summed E-state index contributed by atoms with van der Waals surface area (Å²) in [5.74, 6) is -0.551. The van der Waals surface area contributed by atoms with Crippen LogP contribution >= 0.6 is 11.6 Å². The van der Waals surface area contributed by atoms with Crippen LogP contribution in [0.1, 0.15) is 0 Å². The molecule has 2 nitrogen and oxygen atoms in total. The molecule has 0 bridgehead atoms. The van der Waals surface area contributed by atoms with Gasteiger partial charge in [0.15, 0.2) is 0 Å². The molecular formula is C11H8ClFN2. The Hall–Kier alpha value is -1.61. The highest BCUT2D eigenvalue weighted by molar-refractivity contribution is 6.30. The molecule has 0 aliphatic rings. The smallest absolute Gasteiger partial charge is 0.220 e. The van der Waals surface area contributed by atoms with E-state index in [2.05, 4.69) is 4.98 Å². The van der Waals surface area contributed by atoms with Crippen LogP contribution in [-0.2, 0) is 0 Å². The number of nitrogen functional groups attached to an aromatic ring is 1. The number of anilines is 1. The molecular weight excluding hydrogens is 215 g/mol. The Morgan fingerprint density at radius 1 is 1.27 bits per heavy atom. The first kappa shape index (κ1) is 9.93. The first-order chi connectivity index (χ1) is 7.16. The topological polar surface area (TPSA) is 38.9 Å². The first-order valence-corrected chi connectivity index (χ1v) is 4.71. The van der Waals surface area contributed by atoms with Gasteiger partial charge in [0.2, 0.25) is 5.95 Å². The van der Waals surface area contributed by atoms with E-state index in [-0.39, 0.29) is 0 Å². The van der Waals surface area contributed by atoms with Gasteiger partial charge in [0.25, 0.3) is 0 Å². The fourth-order valence-electron chi connectivity index (χ4n) is 1.33. The van der Waals surface area contributed by atoms with Gasteiger partial charge in [-0.15, -0.1) is 0 Å². The molecule has 0 aliphatic carbocycles. The van der Waals surface area contributed by atoms with Crippen LogP contribution in [0.25, 0.3) is 11.1 Å². The van der Waals surface area contributed by atoms with Crippen molar-refractivity contribution in [2.75, 3.05) is 5.73 Å². The number of halogens is 2. The molecule has 2 aromatic rings. The van der Waals surface area contributed by atoms with Crippen LogP contribution < -0.4 is 5.73 Å². The third-order valence-corrected chi connectivity index (χ3v) is 2.21. The Morgan fingerprint density at radius 2 is 2.07 bits per heavy atom. The summed E-state index contributed by atoms with van der Waals surface area (Å²) in [6.07, 6.45) is 1.27. The number of rotatable bonds is 1. The number of aromatic nitrogens is 1. The van der Waals surface area contributed by atoms with Gasteiger partial charge in [-0.2, -0.15) is 4.39 Å². The molecule has 2 N–H and O–H groups in total. The maximum Gasteiger partial charge on any atom is 0.220 e. The zero-order chi connectivity index (χ0) is 10.8. The Morgan fingerprint density at radius 3 is 2.80 bits per heavy atom. The van der Waals surface area contributed by atoms with Crippen LogP contribution in [0, 0.1) is 5.95 Å². The zero-order valence-corrected chi connectivity index (χ0v) is 8.50. The van der Waals surface area contributed by atoms with Crippen molar-refractivity contribution in [2.45, 2.75) is 0 Å². The van der Waals surface area contributed by atoms with E-state index < -0.39 is 5.95 Å². The lowest BCUT2D eigenvalue weighted by atomic mass is 10.1. The SMILES string of the molecule is Nc1cccc(-c2cc(Cl)cnc2F)c1. The van der Waals surface area contributed by atoms with Gasteiger partial charge in [0.05, 0.1) is 5.02 Å². The van der Waals surface area contributed by atoms with Gasteiger partial charge in [-0.05, 0) is 23.8 Å². The number of hydrogen-bond acceptors (Lipinski definition) is 2. The molecule has 1 heterocycles. The Bertz CT molecular complexity index is 500. The van der Waals surface area contributed by atoms with E-state index in [4.69, 9.17) is 17.3 Å². The Balaban J connectivity index is 2.58. The number of benzene rings is 1. The fraction of sp³-hybridized carbons (Fsp3) is 0. The molecule has 15 heavy (non-hydrogen) atoms. The maximum atomic E-state index is 13.4. The minimum absolute atomic E-state index is 0.356. The van der Waals surface area contributed by atoms with E-state index in [1.54, 1.807) is 24.3 Å². The number of pyridine rings is 1. The van der Waals surface area contributed by atoms with Crippen molar-refractivity contribution >= 4 is 17.3 Å². The van der Waals surface area contributed by atoms with Crippen molar-refractivity contribution in [3.05, 3.63) is 47.5 Å². The average molecular weight is 223 g/mol. The summed E-state index contributed by atoms with van der Waals surface area (Å²) in [7, 11) is 0. The minimum atomic E-state index is -0.551. The summed E-state index contributed by atoms with van der Waals surface area (Å²) in [5, 5.41) is 0.397. The summed E-state index contributed by atoms with van der Waals surface area (Å²) in [6.45, 7) is 0. The molecule has 0 spiro atoms. The van der Waals surface area contributed by atoms with Crippen LogP contribution in [0.5, 0.6) is 0 Å². The second-order valence-corrected chi connectivity index (χ2v) is 3.55. The summed E-state index contributed by atoms with van der Waals surface area (Å²) >= 11 is 5.75. The van der Waals surface area contributed by atoms with Gasteiger partial charge in [0, 0.05) is 17.4 Å². The average Bonchev–Trinajstić information content (AvgIpc) is 2.22. The summed E-state index contributed by atoms with van der Waals surface area (Å²) in [5.41, 5.74) is 7.21. The van der Waals surface area contributed by atoms with Gasteiger partial charge in [-0.25, -0.2) is 4.98 Å². The lowest BCUT2D eigenvalue weighted by Gasteiger charge is -2.03. The van der Waals surface area contributed by atoms with E-state index in [0.29, 0.717) is 21.8 Å². The normalized spacial score (nSPS) is 10.3. The van der Waals surface area contributed by atoms with Gasteiger partial charge in [-0.3, -0.25) is 0 Å². The van der Waals surface area contributed by atoms with Gasteiger partial charge < -0.3 is 5.73 Å². The third-order valence-electron chi connectivity index (χ3n) is 2.00. The standard InChI is InChI=1S/C11H8ClFN2/c12-8-5-10(11(13)15-6-8)7-2-1-3-9(14)4-7/h1-6H,14H2. The minimum Gasteiger partial charge on any atom is -0.399 e. The molecule has 0 atom stereocenters. The van der Waals surface area contributed by atoms with Crippen molar-refractivity contribution in [3.8, 4) is 11.1 Å². The van der Waals surface area contributed by atoms with Crippen LogP contribution in [0.3, 0.4) is 0 Å². The number of hydrogen-bond donors (Lipinski definition) is 1. The van der Waals surface area contributed by atoms with Crippen molar-refractivity contribution in [2.24, 2.45) is 0 Å². The molecule has 1 aromatic carbocycles. The lowest BCUT2D eigenvalue weighted by Crippen LogP contribution is -1.90. The van der Waals surface area contributed by atoms with Crippen molar-refractivity contribution in [3.63, 3.8) is 0 Å². The molecule has 0 radical (unpaired) electrons. The molecule has 2 rings (SSSR count). The summed E-state index contributed by atoms with van der Waals surface area (Å²) in [4.78, 5) is 3.55. The number of nitrogens with zero attached hydrogens (tertiary/aromatic N) is 1. The first-order valence-electron chi connectivity index (χ1n) is 4.34. The number of nitrogens with two attached hydrogens (primary N) is 1. The molecule has 0 aliphatic heterocycles. The van der Waals surface area contributed by atoms with E-state index in [9.17, 15) is 4.39 Å². The van der Waals surface area contributed by atoms with E-state index in [1.165, 1.54) is 12.3 Å². The highest BCUT2D eigenvalue weighted by Crippen LogP contribution is 2.25. The maximum absolute atomic E-state index is 13.4.